The van der Waals surface area contributed by atoms with Crippen molar-refractivity contribution in [3.05, 3.63) is 52.8 Å². The molecule has 106 valence electrons. The van der Waals surface area contributed by atoms with E-state index in [1.165, 1.54) is 24.3 Å². The second-order valence-electron chi connectivity index (χ2n) is 4.46. The van der Waals surface area contributed by atoms with Gasteiger partial charge in [0.25, 0.3) is 0 Å². The second kappa shape index (κ2) is 5.51. The average Bonchev–Trinajstić information content (AvgIpc) is 2.42. The summed E-state index contributed by atoms with van der Waals surface area (Å²) < 4.78 is 13.5. The zero-order valence-corrected chi connectivity index (χ0v) is 11.1. The Morgan fingerprint density at radius 1 is 1.43 bits per heavy atom. The Hall–Kier alpha value is -3.07. The predicted molar refractivity (Wildman–Crippen MR) is 76.9 cm³/mol. The molecule has 0 unspecified atom stereocenters. The summed E-state index contributed by atoms with van der Waals surface area (Å²) in [7, 11) is 0. The number of hydrogen-bond acceptors (Lipinski definition) is 4. The third-order valence-electron chi connectivity index (χ3n) is 3.02. The molecule has 0 aliphatic heterocycles. The van der Waals surface area contributed by atoms with E-state index in [4.69, 9.17) is 16.1 Å². The first kappa shape index (κ1) is 14.3. The van der Waals surface area contributed by atoms with Crippen LogP contribution in [0, 0.1) is 24.1 Å². The van der Waals surface area contributed by atoms with Crippen molar-refractivity contribution in [1.29, 1.82) is 5.26 Å². The molecule has 0 aliphatic rings. The molecule has 0 bridgehead atoms. The SMILES string of the molecule is Cc1cc(Nc2cccc(F)c2C#N)cc(C(=O)O)c1N. The van der Waals surface area contributed by atoms with E-state index in [1.807, 2.05) is 0 Å². The predicted octanol–water partition coefficient (Wildman–Crippen LogP) is 3.03. The van der Waals surface area contributed by atoms with Crippen LogP contribution >= 0.6 is 0 Å². The summed E-state index contributed by atoms with van der Waals surface area (Å²) in [4.78, 5) is 11.1. The molecule has 0 amide bonds. The number of carbonyl (C=O) groups is 1. The third kappa shape index (κ3) is 2.77. The van der Waals surface area contributed by atoms with Gasteiger partial charge in [0.15, 0.2) is 0 Å². The number of aryl methyl sites for hydroxylation is 1. The summed E-state index contributed by atoms with van der Waals surface area (Å²) in [6.07, 6.45) is 0. The number of rotatable bonds is 3. The highest BCUT2D eigenvalue weighted by Gasteiger charge is 2.13. The fraction of sp³-hybridized carbons (Fsp3) is 0.0667. The van der Waals surface area contributed by atoms with Crippen molar-refractivity contribution in [2.75, 3.05) is 11.1 Å². The first-order chi connectivity index (χ1) is 9.93. The van der Waals surface area contributed by atoms with Gasteiger partial charge in [0.1, 0.15) is 17.4 Å². The van der Waals surface area contributed by atoms with Crippen LogP contribution < -0.4 is 11.1 Å². The summed E-state index contributed by atoms with van der Waals surface area (Å²) in [5.41, 5.74) is 6.95. The molecule has 0 heterocycles. The lowest BCUT2D eigenvalue weighted by Crippen LogP contribution is -2.06. The van der Waals surface area contributed by atoms with Crippen molar-refractivity contribution in [3.63, 3.8) is 0 Å². The summed E-state index contributed by atoms with van der Waals surface area (Å²) in [6, 6.07) is 8.92. The maximum Gasteiger partial charge on any atom is 0.337 e. The number of nitrogens with zero attached hydrogens (tertiary/aromatic N) is 1. The number of hydrogen-bond donors (Lipinski definition) is 3. The molecule has 6 heteroatoms. The van der Waals surface area contributed by atoms with Crippen LogP contribution in [0.1, 0.15) is 21.5 Å². The zero-order valence-electron chi connectivity index (χ0n) is 11.1. The van der Waals surface area contributed by atoms with E-state index in [2.05, 4.69) is 5.32 Å². The number of benzene rings is 2. The molecule has 0 saturated heterocycles. The summed E-state index contributed by atoms with van der Waals surface area (Å²) in [5.74, 6) is -1.80. The Morgan fingerprint density at radius 3 is 2.76 bits per heavy atom. The summed E-state index contributed by atoms with van der Waals surface area (Å²) in [6.45, 7) is 1.67. The molecule has 0 atom stereocenters. The number of carboxylic acid groups (broad SMARTS) is 1. The molecule has 0 radical (unpaired) electrons. The minimum absolute atomic E-state index is 0.0487. The van der Waals surface area contributed by atoms with E-state index >= 15 is 0 Å². The molecule has 0 saturated carbocycles. The van der Waals surface area contributed by atoms with Crippen LogP contribution in [0.5, 0.6) is 0 Å². The minimum atomic E-state index is -1.15. The van der Waals surface area contributed by atoms with Gasteiger partial charge in [0, 0.05) is 11.4 Å². The lowest BCUT2D eigenvalue weighted by atomic mass is 10.1. The topological polar surface area (TPSA) is 99.1 Å². The van der Waals surface area contributed by atoms with Crippen LogP contribution in [0.4, 0.5) is 21.5 Å². The van der Waals surface area contributed by atoms with Gasteiger partial charge in [0.2, 0.25) is 0 Å². The quantitative estimate of drug-likeness (QED) is 0.753. The van der Waals surface area contributed by atoms with E-state index < -0.39 is 11.8 Å². The standard InChI is InChI=1S/C15H12FN3O2/c1-8-5-9(6-10(14(8)18)15(20)21)19-13-4-2-3-12(16)11(13)7-17/h2-6,19H,18H2,1H3,(H,20,21). The van der Waals surface area contributed by atoms with Crippen LogP contribution in [0.3, 0.4) is 0 Å². The third-order valence-corrected chi connectivity index (χ3v) is 3.02. The molecule has 0 spiro atoms. The van der Waals surface area contributed by atoms with Gasteiger partial charge in [-0.3, -0.25) is 0 Å². The molecule has 4 N–H and O–H groups in total. The number of anilines is 3. The van der Waals surface area contributed by atoms with Crippen molar-refractivity contribution < 1.29 is 14.3 Å². The van der Waals surface area contributed by atoms with E-state index in [9.17, 15) is 9.18 Å². The highest BCUT2D eigenvalue weighted by Crippen LogP contribution is 2.27. The van der Waals surface area contributed by atoms with Gasteiger partial charge >= 0.3 is 5.97 Å². The molecule has 2 aromatic rings. The van der Waals surface area contributed by atoms with Gasteiger partial charge < -0.3 is 16.2 Å². The highest BCUT2D eigenvalue weighted by molar-refractivity contribution is 5.96. The first-order valence-corrected chi connectivity index (χ1v) is 6.03. The fourth-order valence-electron chi connectivity index (χ4n) is 1.94. The number of carboxylic acids is 1. The molecule has 2 aromatic carbocycles. The van der Waals surface area contributed by atoms with E-state index in [1.54, 1.807) is 19.1 Å². The normalized spacial score (nSPS) is 9.95. The number of nitrogen functional groups attached to an aromatic ring is 1. The largest absolute Gasteiger partial charge is 0.478 e. The average molecular weight is 285 g/mol. The summed E-state index contributed by atoms with van der Waals surface area (Å²) in [5, 5.41) is 20.9. The van der Waals surface area contributed by atoms with Crippen LogP contribution in [0.2, 0.25) is 0 Å². The zero-order chi connectivity index (χ0) is 15.6. The number of nitriles is 1. The van der Waals surface area contributed by atoms with Gasteiger partial charge in [-0.2, -0.15) is 5.26 Å². The monoisotopic (exact) mass is 285 g/mol. The highest BCUT2D eigenvalue weighted by atomic mass is 19.1. The van der Waals surface area contributed by atoms with Crippen molar-refractivity contribution >= 4 is 23.0 Å². The number of nitrogens with one attached hydrogen (secondary N) is 1. The number of nitrogens with two attached hydrogens (primary N) is 1. The lowest BCUT2D eigenvalue weighted by Gasteiger charge is -2.12. The van der Waals surface area contributed by atoms with Crippen LogP contribution in [-0.2, 0) is 0 Å². The van der Waals surface area contributed by atoms with Crippen LogP contribution in [0.15, 0.2) is 30.3 Å². The molecule has 0 aliphatic carbocycles. The van der Waals surface area contributed by atoms with Crippen molar-refractivity contribution in [2.45, 2.75) is 6.92 Å². The summed E-state index contributed by atoms with van der Waals surface area (Å²) >= 11 is 0. The number of halogens is 1. The van der Waals surface area contributed by atoms with Crippen LogP contribution in [0.25, 0.3) is 0 Å². The molecule has 21 heavy (non-hydrogen) atoms. The molecule has 0 fully saturated rings. The maximum absolute atomic E-state index is 13.5. The first-order valence-electron chi connectivity index (χ1n) is 6.03. The Labute approximate surface area is 120 Å². The van der Waals surface area contributed by atoms with Gasteiger partial charge in [-0.1, -0.05) is 6.07 Å². The van der Waals surface area contributed by atoms with Crippen molar-refractivity contribution in [3.8, 4) is 6.07 Å². The molecular formula is C15H12FN3O2. The van der Waals surface area contributed by atoms with Crippen molar-refractivity contribution in [2.24, 2.45) is 0 Å². The molecule has 2 rings (SSSR count). The van der Waals surface area contributed by atoms with Gasteiger partial charge in [0.05, 0.1) is 11.3 Å². The minimum Gasteiger partial charge on any atom is -0.478 e. The van der Waals surface area contributed by atoms with E-state index in [0.717, 1.165) is 0 Å². The van der Waals surface area contributed by atoms with Crippen molar-refractivity contribution in [1.82, 2.24) is 0 Å². The fourth-order valence-corrected chi connectivity index (χ4v) is 1.94. The van der Waals surface area contributed by atoms with E-state index in [0.29, 0.717) is 11.3 Å². The van der Waals surface area contributed by atoms with E-state index in [-0.39, 0.29) is 22.5 Å². The second-order valence-corrected chi connectivity index (χ2v) is 4.46. The smallest absolute Gasteiger partial charge is 0.337 e. The molecule has 5 nitrogen and oxygen atoms in total. The molecular weight excluding hydrogens is 273 g/mol. The maximum atomic E-state index is 13.5. The Balaban J connectivity index is 2.49. The lowest BCUT2D eigenvalue weighted by molar-refractivity contribution is 0.0698. The Kier molecular flexibility index (Phi) is 3.76. The molecule has 0 aromatic heterocycles. The van der Waals surface area contributed by atoms with Gasteiger partial charge in [-0.25, -0.2) is 9.18 Å². The van der Waals surface area contributed by atoms with Gasteiger partial charge in [-0.15, -0.1) is 0 Å². The van der Waals surface area contributed by atoms with Gasteiger partial charge in [-0.05, 0) is 36.8 Å². The Morgan fingerprint density at radius 2 is 2.14 bits per heavy atom. The number of aromatic carboxylic acids is 1. The Bertz CT molecular complexity index is 766. The van der Waals surface area contributed by atoms with Crippen LogP contribution in [-0.4, -0.2) is 11.1 Å².